The summed E-state index contributed by atoms with van der Waals surface area (Å²) in [5.74, 6) is -0.989. The van der Waals surface area contributed by atoms with Crippen LogP contribution in [0.3, 0.4) is 0 Å². The number of hydrogen-bond acceptors (Lipinski definition) is 6. The van der Waals surface area contributed by atoms with Gasteiger partial charge in [-0.05, 0) is 31.2 Å². The van der Waals surface area contributed by atoms with Crippen molar-refractivity contribution in [2.24, 2.45) is 5.10 Å². The summed E-state index contributed by atoms with van der Waals surface area (Å²) >= 11 is 0. The van der Waals surface area contributed by atoms with E-state index in [1.165, 1.54) is 19.1 Å². The fraction of sp³-hybridized carbons (Fsp3) is 0.136. The number of alkyl halides is 6. The minimum atomic E-state index is -5.06. The number of nitrogens with one attached hydrogen (secondary N) is 1. The maximum absolute atomic E-state index is 13.5. The molecule has 0 bridgehead atoms. The van der Waals surface area contributed by atoms with Crippen molar-refractivity contribution in [3.05, 3.63) is 76.7 Å². The normalized spacial score (nSPS) is 12.4. The number of fused-ring (bicyclic) bond motifs is 1. The maximum atomic E-state index is 13.5. The van der Waals surface area contributed by atoms with E-state index in [9.17, 15) is 36.2 Å². The molecule has 0 fully saturated rings. The molecule has 0 unspecified atom stereocenters. The van der Waals surface area contributed by atoms with Crippen molar-refractivity contribution < 1.29 is 36.2 Å². The van der Waals surface area contributed by atoms with Gasteiger partial charge in [-0.25, -0.2) is 15.1 Å². The molecule has 0 aliphatic carbocycles. The van der Waals surface area contributed by atoms with E-state index in [2.05, 4.69) is 25.8 Å². The van der Waals surface area contributed by atoms with Gasteiger partial charge in [-0.15, -0.1) is 5.10 Å². The second-order valence-electron chi connectivity index (χ2n) is 7.42. The summed E-state index contributed by atoms with van der Waals surface area (Å²) in [4.78, 5) is 15.7. The van der Waals surface area contributed by atoms with Gasteiger partial charge in [0.25, 0.3) is 5.91 Å². The predicted molar refractivity (Wildman–Crippen MR) is 115 cm³/mol. The largest absolute Gasteiger partial charge is 0.507 e. The Morgan fingerprint density at radius 3 is 2.44 bits per heavy atom. The van der Waals surface area contributed by atoms with Crippen molar-refractivity contribution in [2.45, 2.75) is 19.3 Å². The number of phenols is 1. The first kappa shape index (κ1) is 24.6. The Balaban J connectivity index is 1.77. The van der Waals surface area contributed by atoms with E-state index in [4.69, 9.17) is 0 Å². The Hall–Kier alpha value is -4.49. The molecule has 4 rings (SSSR count). The molecule has 1 amide bonds. The molecule has 0 aliphatic heterocycles. The number of halogens is 6. The van der Waals surface area contributed by atoms with Gasteiger partial charge in [-0.1, -0.05) is 29.5 Å². The zero-order valence-electron chi connectivity index (χ0n) is 18.1. The van der Waals surface area contributed by atoms with Crippen LogP contribution >= 0.6 is 0 Å². The SMILES string of the molecule is Cc1c(C(=O)N/N=C/c2ccccc2O)nnn1-c1cc(C(F)(F)F)nc2c(C(F)(F)F)cccc12. The molecule has 2 aromatic heterocycles. The maximum Gasteiger partial charge on any atom is 0.433 e. The van der Waals surface area contributed by atoms with Gasteiger partial charge in [0.15, 0.2) is 5.69 Å². The molecule has 0 spiro atoms. The van der Waals surface area contributed by atoms with Crippen LogP contribution in [0.2, 0.25) is 0 Å². The van der Waals surface area contributed by atoms with Crippen molar-refractivity contribution in [1.29, 1.82) is 0 Å². The highest BCUT2D eigenvalue weighted by Crippen LogP contribution is 2.38. The van der Waals surface area contributed by atoms with Crippen LogP contribution in [0.1, 0.15) is 33.0 Å². The number of aromatic hydroxyl groups is 1. The number of amides is 1. The molecule has 0 saturated carbocycles. The number of phenolic OH excluding ortho intramolecular Hbond substituents is 1. The molecule has 2 N–H and O–H groups in total. The van der Waals surface area contributed by atoms with Crippen LogP contribution in [0.25, 0.3) is 16.6 Å². The lowest BCUT2D eigenvalue weighted by Crippen LogP contribution is -2.19. The van der Waals surface area contributed by atoms with Crippen LogP contribution < -0.4 is 5.43 Å². The van der Waals surface area contributed by atoms with Crippen LogP contribution in [0, 0.1) is 6.92 Å². The minimum Gasteiger partial charge on any atom is -0.507 e. The predicted octanol–water partition coefficient (Wildman–Crippen LogP) is 4.63. The van der Waals surface area contributed by atoms with Gasteiger partial charge in [0.1, 0.15) is 11.4 Å². The average Bonchev–Trinajstić information content (AvgIpc) is 3.19. The zero-order valence-corrected chi connectivity index (χ0v) is 18.1. The van der Waals surface area contributed by atoms with Crippen LogP contribution in [-0.4, -0.2) is 37.2 Å². The van der Waals surface area contributed by atoms with E-state index in [-0.39, 0.29) is 22.5 Å². The van der Waals surface area contributed by atoms with Crippen molar-refractivity contribution in [1.82, 2.24) is 25.4 Å². The molecule has 186 valence electrons. The number of pyridine rings is 1. The highest BCUT2D eigenvalue weighted by atomic mass is 19.4. The molecule has 2 heterocycles. The molecule has 0 radical (unpaired) electrons. The molecule has 36 heavy (non-hydrogen) atoms. The van der Waals surface area contributed by atoms with E-state index in [1.54, 1.807) is 12.1 Å². The van der Waals surface area contributed by atoms with Crippen LogP contribution in [-0.2, 0) is 12.4 Å². The van der Waals surface area contributed by atoms with Crippen molar-refractivity contribution in [2.75, 3.05) is 0 Å². The lowest BCUT2D eigenvalue weighted by molar-refractivity contribution is -0.142. The summed E-state index contributed by atoms with van der Waals surface area (Å²) in [6.07, 6.45) is -8.88. The highest BCUT2D eigenvalue weighted by molar-refractivity contribution is 5.95. The molecule has 0 atom stereocenters. The molecule has 2 aromatic carbocycles. The second kappa shape index (κ2) is 8.94. The third-order valence-corrected chi connectivity index (χ3v) is 5.06. The number of hydrazone groups is 1. The lowest BCUT2D eigenvalue weighted by atomic mass is 10.1. The Morgan fingerprint density at radius 2 is 1.78 bits per heavy atom. The van der Waals surface area contributed by atoms with E-state index in [0.29, 0.717) is 17.7 Å². The molecule has 14 heteroatoms. The fourth-order valence-electron chi connectivity index (χ4n) is 3.36. The molecular weight excluding hydrogens is 494 g/mol. The van der Waals surface area contributed by atoms with E-state index in [1.807, 2.05) is 0 Å². The highest BCUT2D eigenvalue weighted by Gasteiger charge is 2.38. The second-order valence-corrected chi connectivity index (χ2v) is 7.42. The van der Waals surface area contributed by atoms with Gasteiger partial charge in [0, 0.05) is 10.9 Å². The summed E-state index contributed by atoms with van der Waals surface area (Å²) in [5, 5.41) is 20.5. The van der Waals surface area contributed by atoms with Crippen molar-refractivity contribution in [3.8, 4) is 11.4 Å². The number of rotatable bonds is 4. The van der Waals surface area contributed by atoms with Gasteiger partial charge in [-0.2, -0.15) is 31.4 Å². The first-order valence-electron chi connectivity index (χ1n) is 10.00. The monoisotopic (exact) mass is 508 g/mol. The number of nitrogens with zero attached hydrogens (tertiary/aromatic N) is 5. The van der Waals surface area contributed by atoms with Gasteiger partial charge >= 0.3 is 12.4 Å². The number of benzene rings is 2. The Bertz CT molecular complexity index is 1490. The Kier molecular flexibility index (Phi) is 6.12. The molecule has 4 aromatic rings. The molecule has 0 saturated heterocycles. The number of aromatic nitrogens is 4. The van der Waals surface area contributed by atoms with E-state index < -0.39 is 40.7 Å². The quantitative estimate of drug-likeness (QED) is 0.238. The van der Waals surface area contributed by atoms with Crippen LogP contribution in [0.15, 0.2) is 53.6 Å². The number of para-hydroxylation sites is 2. The summed E-state index contributed by atoms with van der Waals surface area (Å²) < 4.78 is 81.8. The Labute approximate surface area is 197 Å². The fourth-order valence-corrected chi connectivity index (χ4v) is 3.36. The van der Waals surface area contributed by atoms with Crippen molar-refractivity contribution >= 4 is 23.0 Å². The standard InChI is InChI=1S/C22H14F6N6O2/c1-11-18(20(36)32-29-10-12-5-2-3-8-16(12)35)31-33-34(11)15-9-17(22(26,27)28)30-19-13(15)6-4-7-14(19)21(23,24)25/h2-10,35H,1H3,(H,32,36)/b29-10+. The number of carbonyl (C=O) groups excluding carboxylic acids is 1. The zero-order chi connectivity index (χ0) is 26.3. The summed E-state index contributed by atoms with van der Waals surface area (Å²) in [5.41, 5.74) is -2.23. The van der Waals surface area contributed by atoms with Gasteiger partial charge in [0.2, 0.25) is 0 Å². The Morgan fingerprint density at radius 1 is 1.06 bits per heavy atom. The number of hydrogen-bond donors (Lipinski definition) is 2. The summed E-state index contributed by atoms with van der Waals surface area (Å²) in [6, 6.07) is 9.46. The van der Waals surface area contributed by atoms with Gasteiger partial charge < -0.3 is 5.11 Å². The third-order valence-electron chi connectivity index (χ3n) is 5.06. The summed E-state index contributed by atoms with van der Waals surface area (Å²) in [7, 11) is 0. The smallest absolute Gasteiger partial charge is 0.433 e. The third kappa shape index (κ3) is 4.69. The first-order valence-corrected chi connectivity index (χ1v) is 10.00. The average molecular weight is 508 g/mol. The summed E-state index contributed by atoms with van der Waals surface area (Å²) in [6.45, 7) is 1.30. The van der Waals surface area contributed by atoms with Crippen LogP contribution in [0.4, 0.5) is 26.3 Å². The molecule has 0 aliphatic rings. The van der Waals surface area contributed by atoms with Crippen LogP contribution in [0.5, 0.6) is 5.75 Å². The van der Waals surface area contributed by atoms with Gasteiger partial charge in [-0.3, -0.25) is 4.79 Å². The van der Waals surface area contributed by atoms with E-state index >= 15 is 0 Å². The first-order chi connectivity index (χ1) is 16.9. The van der Waals surface area contributed by atoms with E-state index in [0.717, 1.165) is 23.0 Å². The van der Waals surface area contributed by atoms with Crippen molar-refractivity contribution in [3.63, 3.8) is 0 Å². The molecular formula is C22H14F6N6O2. The molecule has 8 nitrogen and oxygen atoms in total. The van der Waals surface area contributed by atoms with Gasteiger partial charge in [0.05, 0.1) is 28.7 Å². The lowest BCUT2D eigenvalue weighted by Gasteiger charge is -2.15. The number of carbonyl (C=O) groups is 1. The minimum absolute atomic E-state index is 0.0664. The topological polar surface area (TPSA) is 105 Å².